The maximum Gasteiger partial charge on any atom is 0.167 e. The molecule has 4 nitrogen and oxygen atoms in total. The van der Waals surface area contributed by atoms with Crippen LogP contribution in [-0.4, -0.2) is 109 Å². The van der Waals surface area contributed by atoms with Gasteiger partial charge in [-0.1, -0.05) is 112 Å². The van der Waals surface area contributed by atoms with Crippen molar-refractivity contribution in [2.24, 2.45) is 0 Å². The topological polar surface area (TPSA) is 51.8 Å². The van der Waals surface area contributed by atoms with Crippen LogP contribution in [-0.2, 0) is 0 Å². The maximum absolute atomic E-state index is 7.29. The summed E-state index contributed by atoms with van der Waals surface area (Å²) in [4.78, 5) is 14.6. The Bertz CT molecular complexity index is 3550. The van der Waals surface area contributed by atoms with Gasteiger partial charge in [-0.15, -0.1) is 32.8 Å². The van der Waals surface area contributed by atoms with E-state index in [-0.39, 0.29) is 44.5 Å². The summed E-state index contributed by atoms with van der Waals surface area (Å²) in [5.41, 5.74) is 6.66. The lowest BCUT2D eigenvalue weighted by atomic mass is 9.60. The summed E-state index contributed by atoms with van der Waals surface area (Å²) in [5.74, 6) is 0.733. The second-order valence-electron chi connectivity index (χ2n) is 15.0. The van der Waals surface area contributed by atoms with E-state index in [9.17, 15) is 0 Å². The molecule has 0 fully saturated rings. The molecule has 0 amide bonds. The molecule has 252 valence electrons. The van der Waals surface area contributed by atoms with E-state index in [1.807, 2.05) is 72.8 Å². The highest BCUT2D eigenvalue weighted by molar-refractivity contribution is 6.69. The molecule has 0 spiro atoms. The average molecular weight is 743 g/mol. The fourth-order valence-corrected chi connectivity index (χ4v) is 8.51. The molecular weight excluding hydrogens is 728 g/mol. The number of furan rings is 1. The first-order valence-corrected chi connectivity index (χ1v) is 18.9. The Labute approximate surface area is 367 Å². The van der Waals surface area contributed by atoms with E-state index in [4.69, 9.17) is 114 Å². The second kappa shape index (κ2) is 14.4. The molecule has 0 unspecified atom stereocenters. The molecule has 0 atom stereocenters. The third-order valence-electron chi connectivity index (χ3n) is 11.5. The maximum atomic E-state index is 7.29. The van der Waals surface area contributed by atoms with Crippen molar-refractivity contribution in [1.29, 1.82) is 0 Å². The lowest BCUT2D eigenvalue weighted by molar-refractivity contribution is 0.669. The largest absolute Gasteiger partial charge is 0.455 e. The van der Waals surface area contributed by atoms with Crippen molar-refractivity contribution in [2.75, 3.05) is 0 Å². The predicted molar refractivity (Wildman–Crippen MR) is 266 cm³/mol. The molecule has 0 aliphatic carbocycles. The Morgan fingerprint density at radius 1 is 0.344 bits per heavy atom. The van der Waals surface area contributed by atoms with Crippen molar-refractivity contribution in [3.8, 4) is 45.3 Å². The number of para-hydroxylation sites is 1. The number of fused-ring (bicyclic) bond motifs is 9. The molecule has 10 rings (SSSR count). The van der Waals surface area contributed by atoms with Crippen molar-refractivity contribution in [2.45, 2.75) is 0 Å². The van der Waals surface area contributed by atoms with Gasteiger partial charge in [-0.25, -0.2) is 15.0 Å². The van der Waals surface area contributed by atoms with Crippen molar-refractivity contribution < 1.29 is 4.42 Å². The Hall–Kier alpha value is -5.87. The first kappa shape index (κ1) is 39.3. The van der Waals surface area contributed by atoms with Crippen LogP contribution in [0.15, 0.2) is 95.4 Å². The van der Waals surface area contributed by atoms with Gasteiger partial charge in [0.05, 0.1) is 5.56 Å². The number of hydrogen-bond acceptors (Lipinski definition) is 4. The van der Waals surface area contributed by atoms with Crippen LogP contribution in [0.2, 0.25) is 0 Å². The predicted octanol–water partition coefficient (Wildman–Crippen LogP) is -2.58. The lowest BCUT2D eigenvalue weighted by Crippen LogP contribution is -2.55. The van der Waals surface area contributed by atoms with E-state index in [1.54, 1.807) is 18.2 Å². The fourth-order valence-electron chi connectivity index (χ4n) is 8.51. The second-order valence-corrected chi connectivity index (χ2v) is 15.0. The zero-order chi connectivity index (χ0) is 42.8. The van der Waals surface area contributed by atoms with E-state index >= 15 is 0 Å². The number of benzene rings is 8. The molecule has 0 bridgehead atoms. The van der Waals surface area contributed by atoms with Crippen LogP contribution in [0.3, 0.4) is 0 Å². The molecule has 2 heterocycles. The SMILES string of the molecule is [B]c1cc2c(cc1[B])c1c([B])c([B])cc([B])c1c1c([B])c(-c3cccc4oc5c(-c6nc(-c7ccccc7)nc(-c7c([B])c([B])c([B])c([B])c7[B])n6)cccc5c34)c([B])cc21. The zero-order valence-electron chi connectivity index (χ0n) is 32.3. The molecule has 0 aliphatic rings. The van der Waals surface area contributed by atoms with Crippen molar-refractivity contribution in [3.05, 3.63) is 91.0 Å². The standard InChI is InChI=1S/C45H15B12N3O/c46-23-12-20-21(13-24(23)47)31-33(26(49)15-27(50)35(31)51)32-22(20)14-25(48)30(36(32)52)17-8-5-11-28-29(17)18-9-4-10-19(42(18)61-28)44-58-43(16-6-2-1-3-7-16)59-45(60-44)34-37(53)39(55)41(57)40(56)38(34)54/h1-15H. The van der Waals surface area contributed by atoms with Gasteiger partial charge < -0.3 is 4.42 Å². The summed E-state index contributed by atoms with van der Waals surface area (Å²) in [6.45, 7) is 0. The Morgan fingerprint density at radius 2 is 0.918 bits per heavy atom. The minimum atomic E-state index is 0.0642. The molecular formula is C45H15B12N3O. The van der Waals surface area contributed by atoms with Gasteiger partial charge in [-0.3, -0.25) is 0 Å². The molecule has 8 aromatic carbocycles. The Kier molecular flexibility index (Phi) is 9.25. The van der Waals surface area contributed by atoms with Gasteiger partial charge in [-0.05, 0) is 55.6 Å². The zero-order valence-corrected chi connectivity index (χ0v) is 32.3. The van der Waals surface area contributed by atoms with Crippen LogP contribution in [0.5, 0.6) is 0 Å². The fraction of sp³-hybridized carbons (Fsp3) is 0. The normalized spacial score (nSPS) is 11.7. The molecule has 0 N–H and O–H groups in total. The number of rotatable bonds is 4. The van der Waals surface area contributed by atoms with Crippen LogP contribution in [0.25, 0.3) is 99.5 Å². The van der Waals surface area contributed by atoms with Crippen LogP contribution in [0, 0.1) is 0 Å². The van der Waals surface area contributed by atoms with Gasteiger partial charge in [0.25, 0.3) is 0 Å². The van der Waals surface area contributed by atoms with E-state index < -0.39 is 0 Å². The van der Waals surface area contributed by atoms with Crippen LogP contribution in [0.1, 0.15) is 0 Å². The first-order valence-electron chi connectivity index (χ1n) is 18.9. The molecule has 0 saturated carbocycles. The molecule has 0 aliphatic heterocycles. The van der Waals surface area contributed by atoms with E-state index in [0.29, 0.717) is 104 Å². The third-order valence-corrected chi connectivity index (χ3v) is 11.5. The summed E-state index contributed by atoms with van der Waals surface area (Å²) in [7, 11) is 78.6. The van der Waals surface area contributed by atoms with Crippen LogP contribution < -0.4 is 65.6 Å². The van der Waals surface area contributed by atoms with E-state index in [0.717, 1.165) is 16.2 Å². The Balaban J connectivity index is 1.26. The summed E-state index contributed by atoms with van der Waals surface area (Å²) in [5, 5.41) is 5.44. The van der Waals surface area contributed by atoms with E-state index in [1.165, 1.54) is 0 Å². The summed E-state index contributed by atoms with van der Waals surface area (Å²) >= 11 is 0. The molecule has 2 aromatic heterocycles. The summed E-state index contributed by atoms with van der Waals surface area (Å²) < 4.78 is 6.70. The molecule has 0 saturated heterocycles. The molecule has 16 heteroatoms. The smallest absolute Gasteiger partial charge is 0.167 e. The van der Waals surface area contributed by atoms with Gasteiger partial charge >= 0.3 is 0 Å². The quantitative estimate of drug-likeness (QED) is 0.147. The minimum Gasteiger partial charge on any atom is -0.455 e. The van der Waals surface area contributed by atoms with Gasteiger partial charge in [0.1, 0.15) is 105 Å². The van der Waals surface area contributed by atoms with E-state index in [2.05, 4.69) is 0 Å². The van der Waals surface area contributed by atoms with Gasteiger partial charge in [0.2, 0.25) is 0 Å². The molecule has 61 heavy (non-hydrogen) atoms. The molecule has 10 aromatic rings. The summed E-state index contributed by atoms with van der Waals surface area (Å²) in [6.07, 6.45) is 0. The number of hydrogen-bond donors (Lipinski definition) is 0. The van der Waals surface area contributed by atoms with Crippen molar-refractivity contribution in [3.63, 3.8) is 0 Å². The summed E-state index contributed by atoms with van der Waals surface area (Å²) in [6, 6.07) is 27.8. The number of nitrogens with zero attached hydrogens (tertiary/aromatic N) is 3. The first-order chi connectivity index (χ1) is 29.2. The minimum absolute atomic E-state index is 0.0642. The molecule has 24 radical (unpaired) electrons. The van der Waals surface area contributed by atoms with Gasteiger partial charge in [0, 0.05) is 21.9 Å². The highest BCUT2D eigenvalue weighted by Crippen LogP contribution is 2.41. The lowest BCUT2D eigenvalue weighted by Gasteiger charge is -2.23. The number of aromatic nitrogens is 3. The van der Waals surface area contributed by atoms with Crippen molar-refractivity contribution in [1.82, 2.24) is 15.0 Å². The highest BCUT2D eigenvalue weighted by Gasteiger charge is 2.24. The highest BCUT2D eigenvalue weighted by atomic mass is 16.3. The van der Waals surface area contributed by atoms with Gasteiger partial charge in [-0.2, -0.15) is 0 Å². The monoisotopic (exact) mass is 745 g/mol. The van der Waals surface area contributed by atoms with Crippen LogP contribution >= 0.6 is 0 Å². The average Bonchev–Trinajstić information content (AvgIpc) is 3.64. The third kappa shape index (κ3) is 5.88. The van der Waals surface area contributed by atoms with Crippen LogP contribution in [0.4, 0.5) is 0 Å². The van der Waals surface area contributed by atoms with Gasteiger partial charge in [0.15, 0.2) is 17.5 Å². The Morgan fingerprint density at radius 3 is 1.62 bits per heavy atom. The van der Waals surface area contributed by atoms with Crippen molar-refractivity contribution >= 4 is 214 Å².